The second-order valence-corrected chi connectivity index (χ2v) is 4.20. The first-order chi connectivity index (χ1) is 6.15. The maximum Gasteiger partial charge on any atom is 0.123 e. The van der Waals surface area contributed by atoms with Crippen molar-refractivity contribution in [3.63, 3.8) is 0 Å². The minimum absolute atomic E-state index is 0.166. The predicted octanol–water partition coefficient (Wildman–Crippen LogP) is 3.96. The largest absolute Gasteiger partial charge is 0.207 e. The highest BCUT2D eigenvalue weighted by Crippen LogP contribution is 2.26. The van der Waals surface area contributed by atoms with Crippen LogP contribution in [0.5, 0.6) is 0 Å². The standard InChI is InChI=1S/C11H14BrF/c1-8(2)11(7-12)9-3-5-10(13)6-4-9/h3-6,8,11H,7H2,1-2H3. The molecule has 0 aliphatic rings. The summed E-state index contributed by atoms with van der Waals surface area (Å²) in [4.78, 5) is 0. The first kappa shape index (κ1) is 10.7. The molecule has 0 N–H and O–H groups in total. The van der Waals surface area contributed by atoms with Gasteiger partial charge >= 0.3 is 0 Å². The normalized spacial score (nSPS) is 13.3. The second-order valence-electron chi connectivity index (χ2n) is 3.56. The molecule has 0 heterocycles. The van der Waals surface area contributed by atoms with Gasteiger partial charge in [0.2, 0.25) is 0 Å². The summed E-state index contributed by atoms with van der Waals surface area (Å²) in [6, 6.07) is 6.77. The van der Waals surface area contributed by atoms with Gasteiger partial charge in [-0.05, 0) is 29.5 Å². The number of rotatable bonds is 3. The molecule has 1 rings (SSSR count). The summed E-state index contributed by atoms with van der Waals surface area (Å²) in [6.45, 7) is 4.35. The summed E-state index contributed by atoms with van der Waals surface area (Å²) in [5.41, 5.74) is 1.20. The lowest BCUT2D eigenvalue weighted by Crippen LogP contribution is -2.07. The van der Waals surface area contributed by atoms with Crippen LogP contribution >= 0.6 is 15.9 Å². The Labute approximate surface area is 87.3 Å². The first-order valence-corrected chi connectivity index (χ1v) is 5.58. The van der Waals surface area contributed by atoms with Gasteiger partial charge in [0.15, 0.2) is 0 Å². The van der Waals surface area contributed by atoms with Gasteiger partial charge in [-0.25, -0.2) is 4.39 Å². The van der Waals surface area contributed by atoms with Gasteiger partial charge < -0.3 is 0 Å². The van der Waals surface area contributed by atoms with Crippen molar-refractivity contribution in [2.45, 2.75) is 19.8 Å². The number of benzene rings is 1. The highest BCUT2D eigenvalue weighted by atomic mass is 79.9. The molecule has 0 saturated heterocycles. The zero-order valence-corrected chi connectivity index (χ0v) is 9.51. The van der Waals surface area contributed by atoms with Crippen molar-refractivity contribution in [3.05, 3.63) is 35.6 Å². The average molecular weight is 245 g/mol. The summed E-state index contributed by atoms with van der Waals surface area (Å²) in [7, 11) is 0. The van der Waals surface area contributed by atoms with Gasteiger partial charge in [0, 0.05) is 5.33 Å². The summed E-state index contributed by atoms with van der Waals surface area (Å²) in [5, 5.41) is 0.927. The third-order valence-electron chi connectivity index (χ3n) is 2.27. The molecule has 0 aromatic heterocycles. The molecular formula is C11H14BrF. The minimum atomic E-state index is -0.166. The number of hydrogen-bond donors (Lipinski definition) is 0. The maximum atomic E-state index is 12.6. The second kappa shape index (κ2) is 4.75. The van der Waals surface area contributed by atoms with E-state index in [2.05, 4.69) is 29.8 Å². The van der Waals surface area contributed by atoms with Crippen molar-refractivity contribution in [2.24, 2.45) is 5.92 Å². The Kier molecular flexibility index (Phi) is 3.91. The molecule has 13 heavy (non-hydrogen) atoms. The third kappa shape index (κ3) is 2.80. The summed E-state index contributed by atoms with van der Waals surface area (Å²) < 4.78 is 12.6. The van der Waals surface area contributed by atoms with Crippen LogP contribution in [0, 0.1) is 11.7 Å². The van der Waals surface area contributed by atoms with E-state index in [9.17, 15) is 4.39 Å². The van der Waals surface area contributed by atoms with Gasteiger partial charge in [-0.3, -0.25) is 0 Å². The van der Waals surface area contributed by atoms with Gasteiger partial charge in [0.05, 0.1) is 0 Å². The average Bonchev–Trinajstić information content (AvgIpc) is 2.09. The molecule has 0 bridgehead atoms. The lowest BCUT2D eigenvalue weighted by molar-refractivity contribution is 0.542. The lowest BCUT2D eigenvalue weighted by atomic mass is 9.90. The van der Waals surface area contributed by atoms with E-state index in [1.165, 1.54) is 17.7 Å². The van der Waals surface area contributed by atoms with Gasteiger partial charge in [0.25, 0.3) is 0 Å². The van der Waals surface area contributed by atoms with Crippen LogP contribution in [0.25, 0.3) is 0 Å². The van der Waals surface area contributed by atoms with Crippen molar-refractivity contribution >= 4 is 15.9 Å². The van der Waals surface area contributed by atoms with E-state index in [1.54, 1.807) is 0 Å². The number of hydrogen-bond acceptors (Lipinski definition) is 0. The molecule has 0 saturated carbocycles. The van der Waals surface area contributed by atoms with Gasteiger partial charge in [-0.2, -0.15) is 0 Å². The molecule has 1 aromatic carbocycles. The zero-order chi connectivity index (χ0) is 9.84. The van der Waals surface area contributed by atoms with Crippen molar-refractivity contribution in [2.75, 3.05) is 5.33 Å². The monoisotopic (exact) mass is 244 g/mol. The maximum absolute atomic E-state index is 12.6. The third-order valence-corrected chi connectivity index (χ3v) is 2.97. The molecule has 1 aromatic rings. The Bertz CT molecular complexity index is 253. The van der Waals surface area contributed by atoms with Crippen LogP contribution in [0.2, 0.25) is 0 Å². The first-order valence-electron chi connectivity index (χ1n) is 4.46. The Morgan fingerprint density at radius 2 is 1.77 bits per heavy atom. The Hall–Kier alpha value is -0.370. The van der Waals surface area contributed by atoms with Crippen LogP contribution in [0.4, 0.5) is 4.39 Å². The molecule has 0 aliphatic heterocycles. The highest BCUT2D eigenvalue weighted by Gasteiger charge is 2.13. The van der Waals surface area contributed by atoms with Crippen LogP contribution in [-0.2, 0) is 0 Å². The van der Waals surface area contributed by atoms with E-state index in [0.717, 1.165) is 5.33 Å². The minimum Gasteiger partial charge on any atom is -0.207 e. The van der Waals surface area contributed by atoms with Crippen molar-refractivity contribution < 1.29 is 4.39 Å². The number of alkyl halides is 1. The molecule has 0 aliphatic carbocycles. The quantitative estimate of drug-likeness (QED) is 0.707. The summed E-state index contributed by atoms with van der Waals surface area (Å²) in [6.07, 6.45) is 0. The molecule has 0 nitrogen and oxygen atoms in total. The van der Waals surface area contributed by atoms with E-state index in [4.69, 9.17) is 0 Å². The smallest absolute Gasteiger partial charge is 0.123 e. The zero-order valence-electron chi connectivity index (χ0n) is 7.93. The summed E-state index contributed by atoms with van der Waals surface area (Å²) in [5.74, 6) is 0.881. The van der Waals surface area contributed by atoms with Crippen LogP contribution in [0.3, 0.4) is 0 Å². The van der Waals surface area contributed by atoms with E-state index in [1.807, 2.05) is 12.1 Å². The molecular weight excluding hydrogens is 231 g/mol. The molecule has 1 unspecified atom stereocenters. The molecule has 72 valence electrons. The van der Waals surface area contributed by atoms with Gasteiger partial charge in [-0.1, -0.05) is 41.9 Å². The van der Waals surface area contributed by atoms with Crippen LogP contribution < -0.4 is 0 Å². The molecule has 0 radical (unpaired) electrons. The Morgan fingerprint density at radius 1 is 1.23 bits per heavy atom. The fraction of sp³-hybridized carbons (Fsp3) is 0.455. The molecule has 0 amide bonds. The summed E-state index contributed by atoms with van der Waals surface area (Å²) >= 11 is 3.48. The van der Waals surface area contributed by atoms with Gasteiger partial charge in [-0.15, -0.1) is 0 Å². The van der Waals surface area contributed by atoms with E-state index < -0.39 is 0 Å². The molecule has 0 spiro atoms. The topological polar surface area (TPSA) is 0 Å². The molecule has 0 fully saturated rings. The predicted molar refractivity (Wildman–Crippen MR) is 57.8 cm³/mol. The Balaban J connectivity index is 2.86. The highest BCUT2D eigenvalue weighted by molar-refractivity contribution is 9.09. The van der Waals surface area contributed by atoms with E-state index >= 15 is 0 Å². The Morgan fingerprint density at radius 3 is 2.15 bits per heavy atom. The lowest BCUT2D eigenvalue weighted by Gasteiger charge is -2.18. The molecule has 2 heteroatoms. The fourth-order valence-corrected chi connectivity index (χ4v) is 2.48. The van der Waals surface area contributed by atoms with Crippen LogP contribution in [0.1, 0.15) is 25.3 Å². The molecule has 1 atom stereocenters. The van der Waals surface area contributed by atoms with Crippen molar-refractivity contribution in [3.8, 4) is 0 Å². The van der Waals surface area contributed by atoms with Crippen LogP contribution in [0.15, 0.2) is 24.3 Å². The van der Waals surface area contributed by atoms with Crippen molar-refractivity contribution in [1.82, 2.24) is 0 Å². The van der Waals surface area contributed by atoms with Crippen LogP contribution in [-0.4, -0.2) is 5.33 Å². The van der Waals surface area contributed by atoms with E-state index in [-0.39, 0.29) is 5.82 Å². The number of halogens is 2. The van der Waals surface area contributed by atoms with Gasteiger partial charge in [0.1, 0.15) is 5.82 Å². The fourth-order valence-electron chi connectivity index (χ4n) is 1.36. The van der Waals surface area contributed by atoms with Crippen molar-refractivity contribution in [1.29, 1.82) is 0 Å². The van der Waals surface area contributed by atoms with E-state index in [0.29, 0.717) is 11.8 Å². The SMILES string of the molecule is CC(C)C(CBr)c1ccc(F)cc1.